The summed E-state index contributed by atoms with van der Waals surface area (Å²) in [7, 11) is 4.08. The van der Waals surface area contributed by atoms with Crippen molar-refractivity contribution >= 4 is 11.3 Å². The van der Waals surface area contributed by atoms with E-state index in [1.807, 2.05) is 14.1 Å². The fourth-order valence-electron chi connectivity index (χ4n) is 1.46. The molecule has 0 spiro atoms. The van der Waals surface area contributed by atoms with E-state index in [9.17, 15) is 0 Å². The molecule has 0 amide bonds. The van der Waals surface area contributed by atoms with Gasteiger partial charge in [-0.1, -0.05) is 18.7 Å². The van der Waals surface area contributed by atoms with Gasteiger partial charge in [-0.05, 0) is 42.7 Å². The van der Waals surface area contributed by atoms with Crippen molar-refractivity contribution in [1.82, 2.24) is 0 Å². The highest BCUT2D eigenvalue weighted by Crippen LogP contribution is 2.20. The van der Waals surface area contributed by atoms with Gasteiger partial charge in [0, 0.05) is 19.8 Å². The van der Waals surface area contributed by atoms with Gasteiger partial charge in [-0.3, -0.25) is 0 Å². The van der Waals surface area contributed by atoms with Crippen molar-refractivity contribution in [3.63, 3.8) is 0 Å². The lowest BCUT2D eigenvalue weighted by Gasteiger charge is -2.13. The highest BCUT2D eigenvalue weighted by molar-refractivity contribution is 5.65. The largest absolute Gasteiger partial charge is 0.378 e. The Labute approximate surface area is 92.4 Å². The predicted molar refractivity (Wildman–Crippen MR) is 68.1 cm³/mol. The van der Waals surface area contributed by atoms with Crippen LogP contribution in [0.4, 0.5) is 5.69 Å². The summed E-state index contributed by atoms with van der Waals surface area (Å²) >= 11 is 0. The predicted octanol–water partition coefficient (Wildman–Crippen LogP) is 2.50. The first kappa shape index (κ1) is 11.8. The Morgan fingerprint density at radius 1 is 1.27 bits per heavy atom. The fraction of sp³-hybridized carbons (Fsp3) is 0.385. The molecule has 1 rings (SSSR count). The molecule has 0 saturated heterocycles. The molecule has 0 bridgehead atoms. The Hall–Kier alpha value is -1.28. The minimum absolute atomic E-state index is 0.731. The molecule has 2 heteroatoms. The molecule has 0 aliphatic carbocycles. The van der Waals surface area contributed by atoms with E-state index in [1.165, 1.54) is 16.8 Å². The lowest BCUT2D eigenvalue weighted by molar-refractivity contribution is 0.866. The fourth-order valence-corrected chi connectivity index (χ4v) is 1.46. The molecular weight excluding hydrogens is 184 g/mol. The molecule has 1 aromatic rings. The van der Waals surface area contributed by atoms with Crippen LogP contribution in [0.2, 0.25) is 0 Å². The molecule has 0 radical (unpaired) electrons. The molecular formula is C13H20N2. The number of hydrogen-bond donors (Lipinski definition) is 1. The van der Waals surface area contributed by atoms with Gasteiger partial charge in [0.05, 0.1) is 0 Å². The topological polar surface area (TPSA) is 29.3 Å². The molecule has 0 aliphatic heterocycles. The number of hydrogen-bond acceptors (Lipinski definition) is 2. The summed E-state index contributed by atoms with van der Waals surface area (Å²) in [5, 5.41) is 0. The van der Waals surface area contributed by atoms with Crippen molar-refractivity contribution < 1.29 is 0 Å². The second kappa shape index (κ2) is 5.56. The van der Waals surface area contributed by atoms with Crippen molar-refractivity contribution in [2.75, 3.05) is 25.5 Å². The van der Waals surface area contributed by atoms with E-state index in [-0.39, 0.29) is 0 Å². The van der Waals surface area contributed by atoms with Crippen LogP contribution in [0.3, 0.4) is 0 Å². The van der Waals surface area contributed by atoms with Crippen LogP contribution >= 0.6 is 0 Å². The molecule has 15 heavy (non-hydrogen) atoms. The first-order valence-electron chi connectivity index (χ1n) is 5.30. The van der Waals surface area contributed by atoms with Crippen LogP contribution < -0.4 is 10.6 Å². The third-order valence-electron chi connectivity index (χ3n) is 2.47. The maximum absolute atomic E-state index is 5.47. The summed E-state index contributed by atoms with van der Waals surface area (Å²) < 4.78 is 0. The second-order valence-corrected chi connectivity index (χ2v) is 3.94. The standard InChI is InChI=1S/C13H20N2/c1-11(5-4-10-14)12-6-8-13(9-7-12)15(2)3/h6-9H,1,4-5,10,14H2,2-3H3. The van der Waals surface area contributed by atoms with Crippen LogP contribution in [-0.2, 0) is 0 Å². The van der Waals surface area contributed by atoms with Gasteiger partial charge in [-0.2, -0.15) is 0 Å². The Bertz CT molecular complexity index is 312. The van der Waals surface area contributed by atoms with Crippen molar-refractivity contribution in [2.24, 2.45) is 5.73 Å². The zero-order chi connectivity index (χ0) is 11.3. The van der Waals surface area contributed by atoms with Gasteiger partial charge in [0.25, 0.3) is 0 Å². The molecule has 0 saturated carbocycles. The van der Waals surface area contributed by atoms with Crippen LogP contribution in [-0.4, -0.2) is 20.6 Å². The van der Waals surface area contributed by atoms with Gasteiger partial charge in [-0.15, -0.1) is 0 Å². The molecule has 0 heterocycles. The Kier molecular flexibility index (Phi) is 4.37. The molecule has 0 fully saturated rings. The SMILES string of the molecule is C=C(CCCN)c1ccc(N(C)C)cc1. The number of allylic oxidation sites excluding steroid dienone is 1. The molecule has 0 aromatic heterocycles. The normalized spacial score (nSPS) is 10.1. The van der Waals surface area contributed by atoms with Gasteiger partial charge in [0.2, 0.25) is 0 Å². The maximum Gasteiger partial charge on any atom is 0.0361 e. The lowest BCUT2D eigenvalue weighted by atomic mass is 10.0. The van der Waals surface area contributed by atoms with Crippen LogP contribution in [0.1, 0.15) is 18.4 Å². The smallest absolute Gasteiger partial charge is 0.0361 e. The van der Waals surface area contributed by atoms with Crippen LogP contribution in [0, 0.1) is 0 Å². The Morgan fingerprint density at radius 2 is 1.87 bits per heavy atom. The number of rotatable bonds is 5. The number of nitrogens with zero attached hydrogens (tertiary/aromatic N) is 1. The first-order valence-corrected chi connectivity index (χ1v) is 5.30. The van der Waals surface area contributed by atoms with Gasteiger partial charge in [-0.25, -0.2) is 0 Å². The zero-order valence-electron chi connectivity index (χ0n) is 9.66. The lowest BCUT2D eigenvalue weighted by Crippen LogP contribution is -2.08. The van der Waals surface area contributed by atoms with E-state index in [2.05, 4.69) is 35.7 Å². The number of nitrogens with two attached hydrogens (primary N) is 1. The zero-order valence-corrected chi connectivity index (χ0v) is 9.66. The summed E-state index contributed by atoms with van der Waals surface area (Å²) in [6.45, 7) is 4.80. The molecule has 1 aromatic carbocycles. The van der Waals surface area contributed by atoms with E-state index < -0.39 is 0 Å². The summed E-state index contributed by atoms with van der Waals surface area (Å²) in [5.74, 6) is 0. The van der Waals surface area contributed by atoms with Crippen molar-refractivity contribution in [3.8, 4) is 0 Å². The summed E-state index contributed by atoms with van der Waals surface area (Å²) in [6, 6.07) is 8.47. The molecule has 0 atom stereocenters. The van der Waals surface area contributed by atoms with Crippen molar-refractivity contribution in [3.05, 3.63) is 36.4 Å². The quantitative estimate of drug-likeness (QED) is 0.798. The van der Waals surface area contributed by atoms with E-state index in [0.29, 0.717) is 0 Å². The maximum atomic E-state index is 5.47. The van der Waals surface area contributed by atoms with Crippen LogP contribution in [0.25, 0.3) is 5.57 Å². The number of anilines is 1. The summed E-state index contributed by atoms with van der Waals surface area (Å²) in [5.41, 5.74) is 9.07. The molecule has 2 N–H and O–H groups in total. The third kappa shape index (κ3) is 3.40. The average molecular weight is 204 g/mol. The summed E-state index contributed by atoms with van der Waals surface area (Å²) in [4.78, 5) is 2.09. The average Bonchev–Trinajstić information content (AvgIpc) is 2.26. The van der Waals surface area contributed by atoms with Crippen LogP contribution in [0.5, 0.6) is 0 Å². The van der Waals surface area contributed by atoms with E-state index in [1.54, 1.807) is 0 Å². The minimum atomic E-state index is 0.731. The van der Waals surface area contributed by atoms with Gasteiger partial charge < -0.3 is 10.6 Å². The van der Waals surface area contributed by atoms with Crippen molar-refractivity contribution in [2.45, 2.75) is 12.8 Å². The molecule has 0 unspecified atom stereocenters. The Balaban J connectivity index is 2.67. The van der Waals surface area contributed by atoms with Gasteiger partial charge in [0.1, 0.15) is 0 Å². The van der Waals surface area contributed by atoms with Gasteiger partial charge >= 0.3 is 0 Å². The monoisotopic (exact) mass is 204 g/mol. The second-order valence-electron chi connectivity index (χ2n) is 3.94. The first-order chi connectivity index (χ1) is 7.15. The number of benzene rings is 1. The minimum Gasteiger partial charge on any atom is -0.378 e. The third-order valence-corrected chi connectivity index (χ3v) is 2.47. The molecule has 82 valence electrons. The molecule has 2 nitrogen and oxygen atoms in total. The van der Waals surface area contributed by atoms with E-state index >= 15 is 0 Å². The van der Waals surface area contributed by atoms with Gasteiger partial charge in [0.15, 0.2) is 0 Å². The Morgan fingerprint density at radius 3 is 2.33 bits per heavy atom. The van der Waals surface area contributed by atoms with Crippen molar-refractivity contribution in [1.29, 1.82) is 0 Å². The highest BCUT2D eigenvalue weighted by Gasteiger charge is 1.99. The van der Waals surface area contributed by atoms with Crippen LogP contribution in [0.15, 0.2) is 30.8 Å². The highest BCUT2D eigenvalue weighted by atomic mass is 15.1. The van der Waals surface area contributed by atoms with E-state index in [0.717, 1.165) is 19.4 Å². The van der Waals surface area contributed by atoms with E-state index in [4.69, 9.17) is 5.73 Å². The molecule has 0 aliphatic rings. The summed E-state index contributed by atoms with van der Waals surface area (Å²) in [6.07, 6.45) is 1.99.